The SMILES string of the molecule is Cc1nnc2ccc(NCc3ccccc3CN3CCCCCC3)nn12. The molecule has 0 spiro atoms. The largest absolute Gasteiger partial charge is 0.365 e. The smallest absolute Gasteiger partial charge is 0.178 e. The summed E-state index contributed by atoms with van der Waals surface area (Å²) in [5.74, 6) is 1.63. The standard InChI is InChI=1S/C20H26N6/c1-16-22-23-20-11-10-19(24-26(16)20)21-14-17-8-4-5-9-18(17)15-25-12-6-2-3-7-13-25/h4-5,8-11H,2-3,6-7,12-15H2,1H3,(H,21,24). The molecule has 3 heterocycles. The second-order valence-corrected chi connectivity index (χ2v) is 7.05. The van der Waals surface area contributed by atoms with E-state index in [4.69, 9.17) is 0 Å². The van der Waals surface area contributed by atoms with Crippen LogP contribution in [-0.4, -0.2) is 37.8 Å². The molecule has 0 aliphatic carbocycles. The predicted octanol–water partition coefficient (Wildman–Crippen LogP) is 3.42. The summed E-state index contributed by atoms with van der Waals surface area (Å²) in [6.07, 6.45) is 5.39. The number of fused-ring (bicyclic) bond motifs is 1. The van der Waals surface area contributed by atoms with E-state index in [2.05, 4.69) is 49.8 Å². The van der Waals surface area contributed by atoms with E-state index < -0.39 is 0 Å². The van der Waals surface area contributed by atoms with Gasteiger partial charge in [-0.25, -0.2) is 0 Å². The van der Waals surface area contributed by atoms with E-state index in [1.54, 1.807) is 4.52 Å². The number of rotatable bonds is 5. The Labute approximate surface area is 154 Å². The van der Waals surface area contributed by atoms with Crippen LogP contribution >= 0.6 is 0 Å². The van der Waals surface area contributed by atoms with E-state index in [1.807, 2.05) is 19.1 Å². The summed E-state index contributed by atoms with van der Waals surface area (Å²) < 4.78 is 1.77. The van der Waals surface area contributed by atoms with Crippen LogP contribution in [-0.2, 0) is 13.1 Å². The molecule has 1 fully saturated rings. The molecule has 2 aromatic heterocycles. The first-order valence-electron chi connectivity index (χ1n) is 9.52. The van der Waals surface area contributed by atoms with Crippen LogP contribution in [0.3, 0.4) is 0 Å². The summed E-state index contributed by atoms with van der Waals surface area (Å²) in [6.45, 7) is 6.14. The van der Waals surface area contributed by atoms with Gasteiger partial charge in [-0.2, -0.15) is 4.52 Å². The Morgan fingerprint density at radius 2 is 1.69 bits per heavy atom. The summed E-state index contributed by atoms with van der Waals surface area (Å²) in [4.78, 5) is 2.59. The Kier molecular flexibility index (Phi) is 5.11. The Hall–Kier alpha value is -2.47. The highest BCUT2D eigenvalue weighted by molar-refractivity contribution is 5.44. The average Bonchev–Trinajstić information content (AvgIpc) is 2.86. The fourth-order valence-electron chi connectivity index (χ4n) is 3.60. The van der Waals surface area contributed by atoms with Crippen LogP contribution in [0, 0.1) is 6.92 Å². The van der Waals surface area contributed by atoms with Gasteiger partial charge in [0.25, 0.3) is 0 Å². The molecule has 1 aliphatic heterocycles. The Balaban J connectivity index is 1.46. The zero-order chi connectivity index (χ0) is 17.8. The monoisotopic (exact) mass is 350 g/mol. The lowest BCUT2D eigenvalue weighted by atomic mass is 10.1. The molecule has 0 amide bonds. The minimum atomic E-state index is 0.768. The van der Waals surface area contributed by atoms with Crippen LogP contribution < -0.4 is 5.32 Å². The number of aromatic nitrogens is 4. The Morgan fingerprint density at radius 3 is 2.50 bits per heavy atom. The molecule has 1 saturated heterocycles. The summed E-state index contributed by atoms with van der Waals surface area (Å²) in [5.41, 5.74) is 3.51. The molecular weight excluding hydrogens is 324 g/mol. The zero-order valence-corrected chi connectivity index (χ0v) is 15.4. The second-order valence-electron chi connectivity index (χ2n) is 7.05. The van der Waals surface area contributed by atoms with Gasteiger partial charge < -0.3 is 5.32 Å². The molecule has 6 heteroatoms. The van der Waals surface area contributed by atoms with Gasteiger partial charge in [-0.15, -0.1) is 15.3 Å². The van der Waals surface area contributed by atoms with Crippen LogP contribution in [0.5, 0.6) is 0 Å². The maximum atomic E-state index is 4.58. The molecule has 26 heavy (non-hydrogen) atoms. The van der Waals surface area contributed by atoms with Crippen LogP contribution in [0.2, 0.25) is 0 Å². The number of hydrogen-bond acceptors (Lipinski definition) is 5. The van der Waals surface area contributed by atoms with Gasteiger partial charge in [-0.05, 0) is 56.1 Å². The van der Waals surface area contributed by atoms with E-state index in [0.717, 1.165) is 30.4 Å². The van der Waals surface area contributed by atoms with Crippen molar-refractivity contribution in [3.05, 3.63) is 53.3 Å². The topological polar surface area (TPSA) is 58.4 Å². The lowest BCUT2D eigenvalue weighted by molar-refractivity contribution is 0.276. The quantitative estimate of drug-likeness (QED) is 0.764. The third-order valence-electron chi connectivity index (χ3n) is 5.09. The first-order valence-corrected chi connectivity index (χ1v) is 9.52. The predicted molar refractivity (Wildman–Crippen MR) is 103 cm³/mol. The van der Waals surface area contributed by atoms with Gasteiger partial charge in [0.15, 0.2) is 11.5 Å². The van der Waals surface area contributed by atoms with Gasteiger partial charge in [0.1, 0.15) is 5.82 Å². The van der Waals surface area contributed by atoms with E-state index in [1.165, 1.54) is 49.9 Å². The molecule has 0 unspecified atom stereocenters. The van der Waals surface area contributed by atoms with Crippen molar-refractivity contribution in [2.75, 3.05) is 18.4 Å². The molecule has 6 nitrogen and oxygen atoms in total. The number of likely N-dealkylation sites (tertiary alicyclic amines) is 1. The molecule has 0 atom stereocenters. The fourth-order valence-corrected chi connectivity index (χ4v) is 3.60. The number of anilines is 1. The highest BCUT2D eigenvalue weighted by Crippen LogP contribution is 2.17. The average molecular weight is 350 g/mol. The van der Waals surface area contributed by atoms with Gasteiger partial charge in [0.2, 0.25) is 0 Å². The van der Waals surface area contributed by atoms with E-state index in [9.17, 15) is 0 Å². The van der Waals surface area contributed by atoms with Crippen LogP contribution in [0.1, 0.15) is 42.6 Å². The van der Waals surface area contributed by atoms with Crippen molar-refractivity contribution in [1.82, 2.24) is 24.7 Å². The normalized spacial score (nSPS) is 15.9. The number of aryl methyl sites for hydroxylation is 1. The molecule has 3 aromatic rings. The molecule has 0 bridgehead atoms. The number of nitrogens with zero attached hydrogens (tertiary/aromatic N) is 5. The second kappa shape index (κ2) is 7.83. The van der Waals surface area contributed by atoms with Gasteiger partial charge in [-0.1, -0.05) is 37.1 Å². The lowest BCUT2D eigenvalue weighted by Gasteiger charge is -2.21. The van der Waals surface area contributed by atoms with E-state index >= 15 is 0 Å². The molecule has 136 valence electrons. The van der Waals surface area contributed by atoms with Crippen molar-refractivity contribution >= 4 is 11.5 Å². The zero-order valence-electron chi connectivity index (χ0n) is 15.4. The van der Waals surface area contributed by atoms with E-state index in [0.29, 0.717) is 0 Å². The molecular formula is C20H26N6. The molecule has 1 N–H and O–H groups in total. The van der Waals surface area contributed by atoms with Gasteiger partial charge in [0, 0.05) is 13.1 Å². The van der Waals surface area contributed by atoms with Gasteiger partial charge in [-0.3, -0.25) is 4.90 Å². The molecule has 0 saturated carbocycles. The van der Waals surface area contributed by atoms with Crippen molar-refractivity contribution in [1.29, 1.82) is 0 Å². The summed E-state index contributed by atoms with van der Waals surface area (Å²) in [6, 6.07) is 12.6. The van der Waals surface area contributed by atoms with Crippen LogP contribution in [0.25, 0.3) is 5.65 Å². The highest BCUT2D eigenvalue weighted by Gasteiger charge is 2.12. The Morgan fingerprint density at radius 1 is 0.923 bits per heavy atom. The van der Waals surface area contributed by atoms with Crippen molar-refractivity contribution in [3.8, 4) is 0 Å². The third kappa shape index (κ3) is 3.85. The van der Waals surface area contributed by atoms with Gasteiger partial charge in [0.05, 0.1) is 0 Å². The third-order valence-corrected chi connectivity index (χ3v) is 5.09. The summed E-state index contributed by atoms with van der Waals surface area (Å²) in [5, 5.41) is 16.2. The van der Waals surface area contributed by atoms with Crippen LogP contribution in [0.4, 0.5) is 5.82 Å². The molecule has 1 aromatic carbocycles. The lowest BCUT2D eigenvalue weighted by Crippen LogP contribution is -2.24. The van der Waals surface area contributed by atoms with Gasteiger partial charge >= 0.3 is 0 Å². The van der Waals surface area contributed by atoms with Crippen LogP contribution in [0.15, 0.2) is 36.4 Å². The molecule has 1 aliphatic rings. The minimum absolute atomic E-state index is 0.768. The first kappa shape index (κ1) is 17.0. The summed E-state index contributed by atoms with van der Waals surface area (Å²) >= 11 is 0. The van der Waals surface area contributed by atoms with Crippen molar-refractivity contribution < 1.29 is 0 Å². The summed E-state index contributed by atoms with van der Waals surface area (Å²) in [7, 11) is 0. The maximum absolute atomic E-state index is 4.58. The van der Waals surface area contributed by atoms with Crippen molar-refractivity contribution in [3.63, 3.8) is 0 Å². The number of nitrogens with one attached hydrogen (secondary N) is 1. The molecule has 4 rings (SSSR count). The highest BCUT2D eigenvalue weighted by atomic mass is 15.4. The van der Waals surface area contributed by atoms with Crippen molar-refractivity contribution in [2.24, 2.45) is 0 Å². The fraction of sp³-hybridized carbons (Fsp3) is 0.450. The van der Waals surface area contributed by atoms with E-state index in [-0.39, 0.29) is 0 Å². The molecule has 0 radical (unpaired) electrons. The van der Waals surface area contributed by atoms with Crippen molar-refractivity contribution in [2.45, 2.75) is 45.7 Å². The minimum Gasteiger partial charge on any atom is -0.365 e. The Bertz CT molecular complexity index is 864. The number of benzene rings is 1. The maximum Gasteiger partial charge on any atom is 0.178 e. The first-order chi connectivity index (χ1) is 12.8. The number of hydrogen-bond donors (Lipinski definition) is 1.